The highest BCUT2D eigenvalue weighted by molar-refractivity contribution is 5.88. The normalized spacial score (nSPS) is 27.5. The molecule has 0 bridgehead atoms. The number of hydrogen-bond acceptors (Lipinski definition) is 6. The molecule has 2 fully saturated rings. The summed E-state index contributed by atoms with van der Waals surface area (Å²) in [5.74, 6) is -2.40. The van der Waals surface area contributed by atoms with Crippen molar-refractivity contribution in [1.82, 2.24) is 5.32 Å². The first-order valence-electron chi connectivity index (χ1n) is 7.46. The molecule has 8 heteroatoms. The van der Waals surface area contributed by atoms with Crippen LogP contribution < -0.4 is 5.32 Å². The number of nitrogens with zero attached hydrogens (tertiary/aromatic N) is 1. The SMILES string of the molecule is C[C@H]1CC(=O)[C@H](CC(=O)OCC(=O)NC2CC2)[C@@H]1C[N+](=O)[O-]. The van der Waals surface area contributed by atoms with Crippen molar-refractivity contribution >= 4 is 17.7 Å². The molecule has 122 valence electrons. The van der Waals surface area contributed by atoms with E-state index in [2.05, 4.69) is 5.32 Å². The van der Waals surface area contributed by atoms with Crippen molar-refractivity contribution in [2.45, 2.75) is 38.6 Å². The lowest BCUT2D eigenvalue weighted by Crippen LogP contribution is -2.32. The van der Waals surface area contributed by atoms with Crippen molar-refractivity contribution in [3.05, 3.63) is 10.1 Å². The van der Waals surface area contributed by atoms with Crippen molar-refractivity contribution in [2.75, 3.05) is 13.2 Å². The largest absolute Gasteiger partial charge is 0.456 e. The Kier molecular flexibility index (Phi) is 5.10. The minimum absolute atomic E-state index is 0.117. The number of rotatable bonds is 7. The van der Waals surface area contributed by atoms with Crippen LogP contribution in [0.3, 0.4) is 0 Å². The molecule has 2 aliphatic rings. The molecule has 0 radical (unpaired) electrons. The third-order valence-corrected chi connectivity index (χ3v) is 4.24. The molecule has 0 spiro atoms. The van der Waals surface area contributed by atoms with Crippen LogP contribution in [0.4, 0.5) is 0 Å². The Balaban J connectivity index is 1.81. The molecule has 2 saturated carbocycles. The van der Waals surface area contributed by atoms with E-state index in [1.807, 2.05) is 0 Å². The second-order valence-corrected chi connectivity index (χ2v) is 6.14. The summed E-state index contributed by atoms with van der Waals surface area (Å²) >= 11 is 0. The number of carbonyl (C=O) groups excluding carboxylic acids is 3. The van der Waals surface area contributed by atoms with E-state index < -0.39 is 22.7 Å². The average Bonchev–Trinajstić information content (AvgIpc) is 3.19. The molecule has 1 amide bonds. The second kappa shape index (κ2) is 6.85. The molecule has 3 atom stereocenters. The topological polar surface area (TPSA) is 116 Å². The molecule has 1 N–H and O–H groups in total. The highest BCUT2D eigenvalue weighted by atomic mass is 16.6. The third kappa shape index (κ3) is 4.51. The zero-order valence-electron chi connectivity index (χ0n) is 12.4. The van der Waals surface area contributed by atoms with Crippen molar-refractivity contribution in [3.8, 4) is 0 Å². The number of Topliss-reactive ketones (excluding diaryl/α,β-unsaturated/α-hetero) is 1. The Morgan fingerprint density at radius 3 is 2.68 bits per heavy atom. The molecule has 2 aliphatic carbocycles. The van der Waals surface area contributed by atoms with E-state index in [4.69, 9.17) is 4.74 Å². The third-order valence-electron chi connectivity index (χ3n) is 4.24. The Morgan fingerprint density at radius 1 is 1.41 bits per heavy atom. The summed E-state index contributed by atoms with van der Waals surface area (Å²) < 4.78 is 4.86. The lowest BCUT2D eigenvalue weighted by molar-refractivity contribution is -0.490. The molecule has 0 aromatic rings. The van der Waals surface area contributed by atoms with Gasteiger partial charge in [-0.3, -0.25) is 24.5 Å². The standard InChI is InChI=1S/C14H20N2O6/c1-8-4-12(17)10(11(8)6-16(20)21)5-14(19)22-7-13(18)15-9-2-3-9/h8-11H,2-7H2,1H3,(H,15,18)/t8-,10+,11+/m0/s1. The van der Waals surface area contributed by atoms with Gasteiger partial charge in [0.05, 0.1) is 6.42 Å². The van der Waals surface area contributed by atoms with Crippen molar-refractivity contribution in [1.29, 1.82) is 0 Å². The molecule has 8 nitrogen and oxygen atoms in total. The fourth-order valence-electron chi connectivity index (χ4n) is 2.88. The van der Waals surface area contributed by atoms with Gasteiger partial charge >= 0.3 is 5.97 Å². The maximum Gasteiger partial charge on any atom is 0.307 e. The predicted molar refractivity (Wildman–Crippen MR) is 74.4 cm³/mol. The molecule has 0 saturated heterocycles. The average molecular weight is 312 g/mol. The van der Waals surface area contributed by atoms with Crippen molar-refractivity contribution in [3.63, 3.8) is 0 Å². The molecule has 0 unspecified atom stereocenters. The second-order valence-electron chi connectivity index (χ2n) is 6.14. The lowest BCUT2D eigenvalue weighted by atomic mass is 9.88. The van der Waals surface area contributed by atoms with E-state index in [0.29, 0.717) is 0 Å². The summed E-state index contributed by atoms with van der Waals surface area (Å²) in [6.45, 7) is 1.08. The highest BCUT2D eigenvalue weighted by Crippen LogP contribution is 2.36. The molecule has 0 aromatic heterocycles. The van der Waals surface area contributed by atoms with Gasteiger partial charge in [-0.1, -0.05) is 6.92 Å². The molecule has 0 heterocycles. The summed E-state index contributed by atoms with van der Waals surface area (Å²) in [6, 6.07) is 0.188. The first-order valence-corrected chi connectivity index (χ1v) is 7.46. The van der Waals surface area contributed by atoms with E-state index in [1.54, 1.807) is 6.92 Å². The zero-order valence-corrected chi connectivity index (χ0v) is 12.4. The number of nitrogens with one attached hydrogen (secondary N) is 1. The minimum atomic E-state index is -0.681. The summed E-state index contributed by atoms with van der Waals surface area (Å²) in [5, 5.41) is 13.4. The molecule has 22 heavy (non-hydrogen) atoms. The molecular formula is C14H20N2O6. The zero-order chi connectivity index (χ0) is 16.3. The van der Waals surface area contributed by atoms with Crippen LogP contribution in [0, 0.1) is 27.9 Å². The number of esters is 1. The number of ether oxygens (including phenoxy) is 1. The van der Waals surface area contributed by atoms with Gasteiger partial charge in [-0.25, -0.2) is 0 Å². The maximum atomic E-state index is 11.9. The number of ketones is 1. The summed E-state index contributed by atoms with van der Waals surface area (Å²) in [6.07, 6.45) is 1.93. The number of amides is 1. The van der Waals surface area contributed by atoms with Crippen LogP contribution >= 0.6 is 0 Å². The quantitative estimate of drug-likeness (QED) is 0.411. The van der Waals surface area contributed by atoms with Crippen LogP contribution in [0.5, 0.6) is 0 Å². The molecule has 2 rings (SSSR count). The van der Waals surface area contributed by atoms with E-state index >= 15 is 0 Å². The summed E-state index contributed by atoms with van der Waals surface area (Å²) in [4.78, 5) is 45.3. The first-order chi connectivity index (χ1) is 10.4. The van der Waals surface area contributed by atoms with Gasteiger partial charge in [-0.2, -0.15) is 0 Å². The fourth-order valence-corrected chi connectivity index (χ4v) is 2.88. The number of carbonyl (C=O) groups is 3. The maximum absolute atomic E-state index is 11.9. The van der Waals surface area contributed by atoms with E-state index in [0.717, 1.165) is 12.8 Å². The lowest BCUT2D eigenvalue weighted by Gasteiger charge is -2.16. The van der Waals surface area contributed by atoms with Gasteiger partial charge < -0.3 is 10.1 Å². The van der Waals surface area contributed by atoms with E-state index in [1.165, 1.54) is 0 Å². The van der Waals surface area contributed by atoms with Gasteiger partial charge in [-0.05, 0) is 18.8 Å². The van der Waals surface area contributed by atoms with Gasteiger partial charge in [0.1, 0.15) is 5.78 Å². The summed E-state index contributed by atoms with van der Waals surface area (Å²) in [5.41, 5.74) is 0. The molecule has 0 aliphatic heterocycles. The van der Waals surface area contributed by atoms with Crippen molar-refractivity contribution in [2.24, 2.45) is 17.8 Å². The molecule has 0 aromatic carbocycles. The van der Waals surface area contributed by atoms with Gasteiger partial charge in [0.15, 0.2) is 6.61 Å². The molecular weight excluding hydrogens is 292 g/mol. The van der Waals surface area contributed by atoms with Crippen LogP contribution in [0.25, 0.3) is 0 Å². The smallest absolute Gasteiger partial charge is 0.307 e. The predicted octanol–water partition coefficient (Wildman–Crippen LogP) is 0.316. The van der Waals surface area contributed by atoms with Gasteiger partial charge in [0.25, 0.3) is 5.91 Å². The van der Waals surface area contributed by atoms with Gasteiger partial charge in [0, 0.05) is 29.2 Å². The van der Waals surface area contributed by atoms with Crippen molar-refractivity contribution < 1.29 is 24.0 Å². The number of hydrogen-bond donors (Lipinski definition) is 1. The fraction of sp³-hybridized carbons (Fsp3) is 0.786. The summed E-state index contributed by atoms with van der Waals surface area (Å²) in [7, 11) is 0. The Bertz CT molecular complexity index is 488. The Labute approximate surface area is 127 Å². The Hall–Kier alpha value is -1.99. The monoisotopic (exact) mass is 312 g/mol. The van der Waals surface area contributed by atoms with Gasteiger partial charge in [-0.15, -0.1) is 0 Å². The minimum Gasteiger partial charge on any atom is -0.456 e. The van der Waals surface area contributed by atoms with E-state index in [-0.39, 0.29) is 49.6 Å². The van der Waals surface area contributed by atoms with Crippen LogP contribution in [-0.4, -0.2) is 41.8 Å². The first kappa shape index (κ1) is 16.4. The van der Waals surface area contributed by atoms with Gasteiger partial charge in [0.2, 0.25) is 6.54 Å². The van der Waals surface area contributed by atoms with Crippen LogP contribution in [0.15, 0.2) is 0 Å². The van der Waals surface area contributed by atoms with Crippen LogP contribution in [0.1, 0.15) is 32.6 Å². The number of nitro groups is 1. The van der Waals surface area contributed by atoms with Crippen LogP contribution in [-0.2, 0) is 19.1 Å². The van der Waals surface area contributed by atoms with Crippen LogP contribution in [0.2, 0.25) is 0 Å². The highest BCUT2D eigenvalue weighted by Gasteiger charge is 2.44. The Morgan fingerprint density at radius 2 is 2.09 bits per heavy atom. The van der Waals surface area contributed by atoms with E-state index in [9.17, 15) is 24.5 Å².